The third-order valence-corrected chi connectivity index (χ3v) is 3.29. The summed E-state index contributed by atoms with van der Waals surface area (Å²) in [5, 5.41) is 9.18. The van der Waals surface area contributed by atoms with Gasteiger partial charge in [0.05, 0.1) is 6.61 Å². The fourth-order valence-corrected chi connectivity index (χ4v) is 2.24. The SMILES string of the molecule is CC(N)(CO)CN1CCN(c2ccccn2)CC1. The molecule has 1 aromatic rings. The molecule has 5 heteroatoms. The number of pyridine rings is 1. The number of aliphatic hydroxyl groups is 1. The Labute approximate surface area is 108 Å². The van der Waals surface area contributed by atoms with Crippen molar-refractivity contribution in [3.05, 3.63) is 24.4 Å². The number of hydrogen-bond acceptors (Lipinski definition) is 5. The Morgan fingerprint density at radius 2 is 2.06 bits per heavy atom. The van der Waals surface area contributed by atoms with Crippen LogP contribution in [0.15, 0.2) is 24.4 Å². The predicted molar refractivity (Wildman–Crippen MR) is 72.6 cm³/mol. The number of anilines is 1. The van der Waals surface area contributed by atoms with Gasteiger partial charge in [-0.1, -0.05) is 6.07 Å². The van der Waals surface area contributed by atoms with Crippen molar-refractivity contribution in [2.75, 3.05) is 44.2 Å². The molecule has 18 heavy (non-hydrogen) atoms. The number of aliphatic hydroxyl groups excluding tert-OH is 1. The lowest BCUT2D eigenvalue weighted by Gasteiger charge is -2.38. The van der Waals surface area contributed by atoms with E-state index in [4.69, 9.17) is 5.73 Å². The number of hydrogen-bond donors (Lipinski definition) is 2. The molecule has 2 heterocycles. The fourth-order valence-electron chi connectivity index (χ4n) is 2.24. The Bertz CT molecular complexity index is 361. The van der Waals surface area contributed by atoms with E-state index in [9.17, 15) is 5.11 Å². The van der Waals surface area contributed by atoms with Gasteiger partial charge in [0, 0.05) is 44.5 Å². The molecule has 1 aliphatic rings. The van der Waals surface area contributed by atoms with Crippen LogP contribution in [0.25, 0.3) is 0 Å². The molecule has 5 nitrogen and oxygen atoms in total. The summed E-state index contributed by atoms with van der Waals surface area (Å²) in [5.74, 6) is 1.04. The lowest BCUT2D eigenvalue weighted by Crippen LogP contribution is -2.55. The van der Waals surface area contributed by atoms with Crippen molar-refractivity contribution >= 4 is 5.82 Å². The summed E-state index contributed by atoms with van der Waals surface area (Å²) >= 11 is 0. The molecule has 0 radical (unpaired) electrons. The van der Waals surface area contributed by atoms with Crippen molar-refractivity contribution in [2.24, 2.45) is 5.73 Å². The third-order valence-electron chi connectivity index (χ3n) is 3.29. The molecule has 1 saturated heterocycles. The lowest BCUT2D eigenvalue weighted by molar-refractivity contribution is 0.143. The molecule has 0 spiro atoms. The smallest absolute Gasteiger partial charge is 0.128 e. The number of aromatic nitrogens is 1. The number of nitrogens with zero attached hydrogens (tertiary/aromatic N) is 3. The van der Waals surface area contributed by atoms with Crippen molar-refractivity contribution < 1.29 is 5.11 Å². The molecule has 0 bridgehead atoms. The van der Waals surface area contributed by atoms with E-state index in [-0.39, 0.29) is 6.61 Å². The van der Waals surface area contributed by atoms with Gasteiger partial charge in [-0.25, -0.2) is 4.98 Å². The first-order valence-corrected chi connectivity index (χ1v) is 6.39. The molecule has 2 rings (SSSR count). The van der Waals surface area contributed by atoms with E-state index in [1.807, 2.05) is 31.3 Å². The van der Waals surface area contributed by atoms with Crippen LogP contribution in [0, 0.1) is 0 Å². The topological polar surface area (TPSA) is 65.6 Å². The fraction of sp³-hybridized carbons (Fsp3) is 0.615. The molecule has 1 atom stereocenters. The Balaban J connectivity index is 1.85. The summed E-state index contributed by atoms with van der Waals surface area (Å²) in [5.41, 5.74) is 5.47. The van der Waals surface area contributed by atoms with Crippen LogP contribution in [0.1, 0.15) is 6.92 Å². The number of rotatable bonds is 4. The zero-order chi connectivity index (χ0) is 13.0. The van der Waals surface area contributed by atoms with Crippen molar-refractivity contribution in [3.63, 3.8) is 0 Å². The standard InChI is InChI=1S/C13H22N4O/c1-13(14,11-18)10-16-6-8-17(9-7-16)12-4-2-3-5-15-12/h2-5,18H,6-11,14H2,1H3. The van der Waals surface area contributed by atoms with E-state index < -0.39 is 5.54 Å². The summed E-state index contributed by atoms with van der Waals surface area (Å²) in [7, 11) is 0. The minimum absolute atomic E-state index is 0.0213. The maximum atomic E-state index is 9.18. The van der Waals surface area contributed by atoms with Crippen LogP contribution in [-0.2, 0) is 0 Å². The molecule has 0 aromatic carbocycles. The van der Waals surface area contributed by atoms with Gasteiger partial charge in [0.2, 0.25) is 0 Å². The van der Waals surface area contributed by atoms with Gasteiger partial charge in [-0.2, -0.15) is 0 Å². The van der Waals surface area contributed by atoms with E-state index in [1.54, 1.807) is 0 Å². The quantitative estimate of drug-likeness (QED) is 0.782. The first kappa shape index (κ1) is 13.3. The highest BCUT2D eigenvalue weighted by atomic mass is 16.3. The molecule has 0 aliphatic carbocycles. The van der Waals surface area contributed by atoms with Crippen molar-refractivity contribution in [1.29, 1.82) is 0 Å². The van der Waals surface area contributed by atoms with E-state index >= 15 is 0 Å². The van der Waals surface area contributed by atoms with E-state index in [0.29, 0.717) is 0 Å². The number of piperazine rings is 1. The predicted octanol–water partition coefficient (Wildman–Crippen LogP) is -0.0867. The second-order valence-electron chi connectivity index (χ2n) is 5.26. The highest BCUT2D eigenvalue weighted by Crippen LogP contribution is 2.13. The molecule has 1 aliphatic heterocycles. The van der Waals surface area contributed by atoms with Crippen molar-refractivity contribution in [3.8, 4) is 0 Å². The van der Waals surface area contributed by atoms with Gasteiger partial charge in [0.15, 0.2) is 0 Å². The van der Waals surface area contributed by atoms with Gasteiger partial charge in [-0.05, 0) is 19.1 Å². The Kier molecular flexibility index (Phi) is 4.16. The third kappa shape index (κ3) is 3.41. The first-order valence-electron chi connectivity index (χ1n) is 6.39. The largest absolute Gasteiger partial charge is 0.394 e. The monoisotopic (exact) mass is 250 g/mol. The van der Waals surface area contributed by atoms with Crippen molar-refractivity contribution in [1.82, 2.24) is 9.88 Å². The zero-order valence-electron chi connectivity index (χ0n) is 10.9. The normalized spacial score (nSPS) is 20.7. The summed E-state index contributed by atoms with van der Waals surface area (Å²) in [4.78, 5) is 8.94. The van der Waals surface area contributed by atoms with E-state index in [2.05, 4.69) is 14.8 Å². The van der Waals surface area contributed by atoms with Gasteiger partial charge < -0.3 is 15.7 Å². The highest BCUT2D eigenvalue weighted by molar-refractivity contribution is 5.38. The van der Waals surface area contributed by atoms with Crippen LogP contribution >= 0.6 is 0 Å². The van der Waals surface area contributed by atoms with Crippen LogP contribution in [0.2, 0.25) is 0 Å². The maximum Gasteiger partial charge on any atom is 0.128 e. The van der Waals surface area contributed by atoms with Gasteiger partial charge >= 0.3 is 0 Å². The molecule has 1 fully saturated rings. The highest BCUT2D eigenvalue weighted by Gasteiger charge is 2.24. The molecule has 3 N–H and O–H groups in total. The van der Waals surface area contributed by atoms with Gasteiger partial charge in [-0.15, -0.1) is 0 Å². The summed E-state index contributed by atoms with van der Waals surface area (Å²) in [6.07, 6.45) is 1.82. The van der Waals surface area contributed by atoms with Crippen LogP contribution in [0.4, 0.5) is 5.82 Å². The Morgan fingerprint density at radius 3 is 2.61 bits per heavy atom. The molecule has 0 amide bonds. The summed E-state index contributed by atoms with van der Waals surface area (Å²) in [6.45, 7) is 6.48. The molecule has 0 saturated carbocycles. The summed E-state index contributed by atoms with van der Waals surface area (Å²) in [6, 6.07) is 5.98. The Hall–Kier alpha value is -1.17. The molecule has 100 valence electrons. The van der Waals surface area contributed by atoms with Gasteiger partial charge in [0.1, 0.15) is 5.82 Å². The minimum atomic E-state index is -0.507. The average molecular weight is 250 g/mol. The zero-order valence-corrected chi connectivity index (χ0v) is 10.9. The number of nitrogens with two attached hydrogens (primary N) is 1. The van der Waals surface area contributed by atoms with Crippen LogP contribution in [0.3, 0.4) is 0 Å². The second kappa shape index (κ2) is 5.65. The maximum absolute atomic E-state index is 9.18. The Morgan fingerprint density at radius 1 is 1.33 bits per heavy atom. The van der Waals surface area contributed by atoms with Gasteiger partial charge in [-0.3, -0.25) is 4.90 Å². The second-order valence-corrected chi connectivity index (χ2v) is 5.26. The van der Waals surface area contributed by atoms with Crippen LogP contribution in [-0.4, -0.2) is 59.9 Å². The first-order chi connectivity index (χ1) is 8.61. The molecule has 1 aromatic heterocycles. The molecule has 1 unspecified atom stereocenters. The average Bonchev–Trinajstić information content (AvgIpc) is 2.40. The van der Waals surface area contributed by atoms with E-state index in [0.717, 1.165) is 38.5 Å². The molecular weight excluding hydrogens is 228 g/mol. The molecular formula is C13H22N4O. The summed E-state index contributed by atoms with van der Waals surface area (Å²) < 4.78 is 0. The van der Waals surface area contributed by atoms with Gasteiger partial charge in [0.25, 0.3) is 0 Å². The van der Waals surface area contributed by atoms with E-state index in [1.165, 1.54) is 0 Å². The van der Waals surface area contributed by atoms with Crippen LogP contribution in [0.5, 0.6) is 0 Å². The van der Waals surface area contributed by atoms with Crippen LogP contribution < -0.4 is 10.6 Å². The minimum Gasteiger partial charge on any atom is -0.394 e. The van der Waals surface area contributed by atoms with Crippen molar-refractivity contribution in [2.45, 2.75) is 12.5 Å². The lowest BCUT2D eigenvalue weighted by atomic mass is 10.0.